The van der Waals surface area contributed by atoms with E-state index in [1.54, 1.807) is 17.0 Å². The second-order valence-corrected chi connectivity index (χ2v) is 7.82. The number of halogens is 1. The van der Waals surface area contributed by atoms with Crippen molar-refractivity contribution in [3.05, 3.63) is 47.4 Å². The summed E-state index contributed by atoms with van der Waals surface area (Å²) in [5.41, 5.74) is 5.04. The molecule has 1 fully saturated rings. The van der Waals surface area contributed by atoms with Crippen LogP contribution in [-0.2, 0) is 12.8 Å². The molecule has 0 unspecified atom stereocenters. The molecule has 5 nitrogen and oxygen atoms in total. The van der Waals surface area contributed by atoms with Crippen LogP contribution in [0.1, 0.15) is 24.1 Å². The number of nitrogens with zero attached hydrogens (tertiary/aromatic N) is 4. The predicted octanol–water partition coefficient (Wildman–Crippen LogP) is 1.75. The van der Waals surface area contributed by atoms with Gasteiger partial charge in [0.25, 0.3) is 0 Å². The smallest absolute Gasteiger partial charge is 0.158 e. The fourth-order valence-corrected chi connectivity index (χ4v) is 4.34. The number of nitrogens with one attached hydrogen (secondary N) is 1. The van der Waals surface area contributed by atoms with Gasteiger partial charge in [-0.1, -0.05) is 12.1 Å². The molecule has 3 heterocycles. The molecular formula is C21H25FN5+. The molecule has 0 saturated carbocycles. The van der Waals surface area contributed by atoms with Gasteiger partial charge in [0.1, 0.15) is 11.6 Å². The van der Waals surface area contributed by atoms with E-state index in [1.807, 2.05) is 16.6 Å². The first-order chi connectivity index (χ1) is 13.2. The molecule has 27 heavy (non-hydrogen) atoms. The first-order valence-corrected chi connectivity index (χ1v) is 9.93. The summed E-state index contributed by atoms with van der Waals surface area (Å²) in [6.07, 6.45) is 4.53. The van der Waals surface area contributed by atoms with Gasteiger partial charge in [-0.3, -0.25) is 0 Å². The van der Waals surface area contributed by atoms with E-state index in [4.69, 9.17) is 10.1 Å². The maximum Gasteiger partial charge on any atom is 0.158 e. The van der Waals surface area contributed by atoms with Crippen LogP contribution >= 0.6 is 0 Å². The fourth-order valence-electron chi connectivity index (χ4n) is 4.34. The Hall–Kier alpha value is -2.47. The van der Waals surface area contributed by atoms with Crippen LogP contribution < -0.4 is 9.80 Å². The van der Waals surface area contributed by atoms with Crippen LogP contribution in [0.15, 0.2) is 30.3 Å². The minimum Gasteiger partial charge on any atom is -0.345 e. The van der Waals surface area contributed by atoms with Gasteiger partial charge in [-0.2, -0.15) is 9.61 Å². The van der Waals surface area contributed by atoms with Crippen LogP contribution in [-0.4, -0.2) is 47.8 Å². The van der Waals surface area contributed by atoms with Crippen molar-refractivity contribution in [3.63, 3.8) is 0 Å². The van der Waals surface area contributed by atoms with E-state index in [0.29, 0.717) is 0 Å². The number of aryl methyl sites for hydroxylation is 1. The maximum absolute atomic E-state index is 13.7. The lowest BCUT2D eigenvalue weighted by Gasteiger charge is -2.34. The molecule has 5 rings (SSSR count). The van der Waals surface area contributed by atoms with Gasteiger partial charge >= 0.3 is 0 Å². The molecule has 2 aliphatic rings. The largest absolute Gasteiger partial charge is 0.345 e. The molecule has 0 spiro atoms. The minimum absolute atomic E-state index is 0.237. The standard InChI is InChI=1S/C21H24FN5/c1-25-9-11-26(12-10-25)21-17-7-2-3-8-18(17)23-20-14-19(24-27(20)21)15-5-4-6-16(22)13-15/h4-6,13-14H,2-3,7-12H2,1H3/p+1. The highest BCUT2D eigenvalue weighted by Gasteiger charge is 2.27. The molecule has 1 aliphatic carbocycles. The van der Waals surface area contributed by atoms with Crippen molar-refractivity contribution in [2.24, 2.45) is 0 Å². The number of hydrogen-bond acceptors (Lipinski definition) is 3. The van der Waals surface area contributed by atoms with Gasteiger partial charge in [-0.15, -0.1) is 0 Å². The summed E-state index contributed by atoms with van der Waals surface area (Å²) < 4.78 is 15.7. The zero-order valence-corrected chi connectivity index (χ0v) is 15.7. The van der Waals surface area contributed by atoms with Crippen molar-refractivity contribution in [2.45, 2.75) is 25.7 Å². The summed E-state index contributed by atoms with van der Waals surface area (Å²) >= 11 is 0. The van der Waals surface area contributed by atoms with E-state index < -0.39 is 0 Å². The van der Waals surface area contributed by atoms with Crippen LogP contribution in [0.25, 0.3) is 16.9 Å². The molecule has 3 aromatic rings. The highest BCUT2D eigenvalue weighted by molar-refractivity contribution is 5.67. The van der Waals surface area contributed by atoms with Crippen molar-refractivity contribution in [1.82, 2.24) is 14.6 Å². The molecule has 1 aliphatic heterocycles. The molecule has 0 amide bonds. The van der Waals surface area contributed by atoms with Crippen LogP contribution in [0, 0.1) is 5.82 Å². The SMILES string of the molecule is C[NH+]1CCN(c2c3c(nc4cc(-c5cccc(F)c5)nn24)CCCC3)CC1. The number of rotatable bonds is 2. The lowest BCUT2D eigenvalue weighted by atomic mass is 9.96. The number of likely N-dealkylation sites (N-methyl/N-ethyl adjacent to an activating group) is 1. The van der Waals surface area contributed by atoms with Gasteiger partial charge in [0.05, 0.1) is 38.9 Å². The zero-order chi connectivity index (χ0) is 18.4. The van der Waals surface area contributed by atoms with E-state index in [2.05, 4.69) is 11.9 Å². The first kappa shape index (κ1) is 16.7. The lowest BCUT2D eigenvalue weighted by molar-refractivity contribution is -0.880. The normalized spacial score (nSPS) is 18.1. The molecule has 1 saturated heterocycles. The third-order valence-corrected chi connectivity index (χ3v) is 5.89. The van der Waals surface area contributed by atoms with E-state index in [1.165, 1.54) is 36.0 Å². The van der Waals surface area contributed by atoms with Crippen molar-refractivity contribution in [3.8, 4) is 11.3 Å². The molecule has 1 aromatic carbocycles. The third kappa shape index (κ3) is 2.98. The highest BCUT2D eigenvalue weighted by atomic mass is 19.1. The second-order valence-electron chi connectivity index (χ2n) is 7.82. The van der Waals surface area contributed by atoms with Crippen molar-refractivity contribution in [1.29, 1.82) is 0 Å². The Balaban J connectivity index is 1.68. The Bertz CT molecular complexity index is 988. The topological polar surface area (TPSA) is 37.9 Å². The summed E-state index contributed by atoms with van der Waals surface area (Å²) in [7, 11) is 2.25. The zero-order valence-electron chi connectivity index (χ0n) is 15.7. The lowest BCUT2D eigenvalue weighted by Crippen LogP contribution is -3.12. The summed E-state index contributed by atoms with van der Waals surface area (Å²) in [5.74, 6) is 0.976. The number of piperazine rings is 1. The molecular weight excluding hydrogens is 341 g/mol. The number of quaternary nitrogens is 1. The summed E-state index contributed by atoms with van der Waals surface area (Å²) in [6.45, 7) is 4.34. The number of benzene rings is 1. The number of aromatic nitrogens is 3. The highest BCUT2D eigenvalue weighted by Crippen LogP contribution is 2.32. The monoisotopic (exact) mass is 366 g/mol. The first-order valence-electron chi connectivity index (χ1n) is 9.93. The number of fused-ring (bicyclic) bond motifs is 2. The van der Waals surface area contributed by atoms with E-state index in [-0.39, 0.29) is 5.82 Å². The maximum atomic E-state index is 13.7. The van der Waals surface area contributed by atoms with Crippen molar-refractivity contribution in [2.75, 3.05) is 38.1 Å². The molecule has 6 heteroatoms. The van der Waals surface area contributed by atoms with Gasteiger partial charge < -0.3 is 9.80 Å². The quantitative estimate of drug-likeness (QED) is 0.751. The molecule has 0 atom stereocenters. The van der Waals surface area contributed by atoms with E-state index in [9.17, 15) is 4.39 Å². The molecule has 0 bridgehead atoms. The van der Waals surface area contributed by atoms with Gasteiger partial charge in [-0.25, -0.2) is 9.37 Å². The minimum atomic E-state index is -0.237. The average molecular weight is 366 g/mol. The van der Waals surface area contributed by atoms with Gasteiger partial charge in [-0.05, 0) is 37.8 Å². The van der Waals surface area contributed by atoms with Gasteiger partial charge in [0.2, 0.25) is 0 Å². The molecule has 140 valence electrons. The summed E-state index contributed by atoms with van der Waals surface area (Å²) in [6, 6.07) is 8.64. The van der Waals surface area contributed by atoms with Gasteiger partial charge in [0, 0.05) is 22.9 Å². The van der Waals surface area contributed by atoms with Crippen molar-refractivity contribution >= 4 is 11.5 Å². The van der Waals surface area contributed by atoms with Crippen LogP contribution in [0.3, 0.4) is 0 Å². The van der Waals surface area contributed by atoms with E-state index in [0.717, 1.165) is 55.9 Å². The number of anilines is 1. The molecule has 0 radical (unpaired) electrons. The Morgan fingerprint density at radius 1 is 1.07 bits per heavy atom. The average Bonchev–Trinajstić information content (AvgIpc) is 3.10. The second kappa shape index (κ2) is 6.60. The van der Waals surface area contributed by atoms with E-state index >= 15 is 0 Å². The van der Waals surface area contributed by atoms with Crippen molar-refractivity contribution < 1.29 is 9.29 Å². The van der Waals surface area contributed by atoms with Crippen LogP contribution in [0.5, 0.6) is 0 Å². The Kier molecular flexibility index (Phi) is 4.08. The van der Waals surface area contributed by atoms with Crippen LogP contribution in [0.2, 0.25) is 0 Å². The Labute approximate surface area is 158 Å². The Morgan fingerprint density at radius 3 is 2.70 bits per heavy atom. The fraction of sp³-hybridized carbons (Fsp3) is 0.429. The Morgan fingerprint density at radius 2 is 1.89 bits per heavy atom. The number of hydrogen-bond donors (Lipinski definition) is 1. The third-order valence-electron chi connectivity index (χ3n) is 5.89. The van der Waals surface area contributed by atoms with Gasteiger partial charge in [0.15, 0.2) is 5.65 Å². The summed E-state index contributed by atoms with van der Waals surface area (Å²) in [5, 5.41) is 4.87. The summed E-state index contributed by atoms with van der Waals surface area (Å²) in [4.78, 5) is 8.99. The molecule has 1 N–H and O–H groups in total. The molecule has 2 aromatic heterocycles. The predicted molar refractivity (Wildman–Crippen MR) is 104 cm³/mol. The van der Waals surface area contributed by atoms with Crippen LogP contribution in [0.4, 0.5) is 10.2 Å².